The van der Waals surface area contributed by atoms with E-state index in [-0.39, 0.29) is 12.5 Å². The van der Waals surface area contributed by atoms with Crippen LogP contribution in [0.5, 0.6) is 11.5 Å². The van der Waals surface area contributed by atoms with Gasteiger partial charge in [0.1, 0.15) is 17.1 Å². The van der Waals surface area contributed by atoms with E-state index in [9.17, 15) is 5.11 Å². The molecule has 0 radical (unpaired) electrons. The molecule has 0 aliphatic heterocycles. The van der Waals surface area contributed by atoms with Crippen LogP contribution in [0.15, 0.2) is 18.2 Å². The highest BCUT2D eigenvalue weighted by Gasteiger charge is 2.32. The molecular weight excluding hydrogens is 218 g/mol. The molecule has 0 heterocycles. The Bertz CT molecular complexity index is 357. The van der Waals surface area contributed by atoms with Gasteiger partial charge in [-0.25, -0.2) is 0 Å². The van der Waals surface area contributed by atoms with Crippen molar-refractivity contribution >= 4 is 0 Å². The molecule has 0 fully saturated rings. The van der Waals surface area contributed by atoms with E-state index in [1.807, 2.05) is 13.8 Å². The number of benzene rings is 1. The van der Waals surface area contributed by atoms with Gasteiger partial charge in [-0.15, -0.1) is 0 Å². The zero-order valence-corrected chi connectivity index (χ0v) is 10.9. The minimum atomic E-state index is -1.07. The van der Waals surface area contributed by atoms with E-state index in [1.54, 1.807) is 32.4 Å². The molecular formula is C13H21NO3. The van der Waals surface area contributed by atoms with Crippen LogP contribution in [0.2, 0.25) is 0 Å². The molecule has 1 atom stereocenters. The van der Waals surface area contributed by atoms with Crippen LogP contribution in [-0.2, 0) is 5.60 Å². The van der Waals surface area contributed by atoms with Gasteiger partial charge in [-0.2, -0.15) is 0 Å². The second-order valence-corrected chi connectivity index (χ2v) is 4.38. The second-order valence-electron chi connectivity index (χ2n) is 4.38. The molecule has 4 nitrogen and oxygen atoms in total. The van der Waals surface area contributed by atoms with E-state index >= 15 is 0 Å². The van der Waals surface area contributed by atoms with Crippen molar-refractivity contribution in [2.45, 2.75) is 19.4 Å². The average Bonchev–Trinajstić information content (AvgIpc) is 2.36. The summed E-state index contributed by atoms with van der Waals surface area (Å²) in [6.45, 7) is 4.01. The molecule has 4 heteroatoms. The molecule has 3 N–H and O–H groups in total. The summed E-state index contributed by atoms with van der Waals surface area (Å²) in [6.07, 6.45) is 0. The standard InChI is InChI=1S/C13H21NO3/c1-9(2)13(15,8-14)10-5-11(16-3)7-12(6-10)17-4/h5-7,9,15H,8,14H2,1-4H3. The van der Waals surface area contributed by atoms with Crippen LogP contribution in [0, 0.1) is 5.92 Å². The lowest BCUT2D eigenvalue weighted by Gasteiger charge is -2.31. The maximum Gasteiger partial charge on any atom is 0.122 e. The van der Waals surface area contributed by atoms with Crippen LogP contribution in [0.4, 0.5) is 0 Å². The first-order valence-electron chi connectivity index (χ1n) is 5.64. The third-order valence-corrected chi connectivity index (χ3v) is 3.12. The number of nitrogens with two attached hydrogens (primary N) is 1. The maximum atomic E-state index is 10.6. The molecule has 0 aliphatic rings. The largest absolute Gasteiger partial charge is 0.497 e. The van der Waals surface area contributed by atoms with Crippen LogP contribution in [0.1, 0.15) is 19.4 Å². The van der Waals surface area contributed by atoms with Crippen molar-refractivity contribution in [1.82, 2.24) is 0 Å². The molecule has 1 aromatic carbocycles. The summed E-state index contributed by atoms with van der Waals surface area (Å²) in [6, 6.07) is 5.34. The minimum absolute atomic E-state index is 0.00399. The summed E-state index contributed by atoms with van der Waals surface area (Å²) in [5.74, 6) is 1.29. The van der Waals surface area contributed by atoms with Crippen molar-refractivity contribution < 1.29 is 14.6 Å². The Morgan fingerprint density at radius 1 is 1.18 bits per heavy atom. The van der Waals surface area contributed by atoms with Crippen LogP contribution in [0.3, 0.4) is 0 Å². The SMILES string of the molecule is COc1cc(OC)cc(C(O)(CN)C(C)C)c1. The van der Waals surface area contributed by atoms with E-state index in [4.69, 9.17) is 15.2 Å². The van der Waals surface area contributed by atoms with Crippen molar-refractivity contribution in [3.05, 3.63) is 23.8 Å². The quantitative estimate of drug-likeness (QED) is 0.817. The lowest BCUT2D eigenvalue weighted by molar-refractivity contribution is -0.00147. The Kier molecular flexibility index (Phi) is 4.37. The highest BCUT2D eigenvalue weighted by Crippen LogP contribution is 2.33. The van der Waals surface area contributed by atoms with E-state index in [0.717, 1.165) is 0 Å². The molecule has 0 saturated heterocycles. The van der Waals surface area contributed by atoms with E-state index in [1.165, 1.54) is 0 Å². The van der Waals surface area contributed by atoms with E-state index in [2.05, 4.69) is 0 Å². The number of hydrogen-bond acceptors (Lipinski definition) is 4. The topological polar surface area (TPSA) is 64.7 Å². The normalized spacial score (nSPS) is 14.5. The number of methoxy groups -OCH3 is 2. The predicted octanol–water partition coefficient (Wildman–Crippen LogP) is 1.51. The molecule has 0 saturated carbocycles. The monoisotopic (exact) mass is 239 g/mol. The smallest absolute Gasteiger partial charge is 0.122 e. The third kappa shape index (κ3) is 2.70. The first kappa shape index (κ1) is 13.8. The third-order valence-electron chi connectivity index (χ3n) is 3.12. The molecule has 0 spiro atoms. The molecule has 96 valence electrons. The Balaban J connectivity index is 3.28. The van der Waals surface area contributed by atoms with Crippen LogP contribution in [-0.4, -0.2) is 25.9 Å². The average molecular weight is 239 g/mol. The fraction of sp³-hybridized carbons (Fsp3) is 0.538. The van der Waals surface area contributed by atoms with Gasteiger partial charge in [0.25, 0.3) is 0 Å². The summed E-state index contributed by atoms with van der Waals surface area (Å²) >= 11 is 0. The minimum Gasteiger partial charge on any atom is -0.497 e. The molecule has 17 heavy (non-hydrogen) atoms. The predicted molar refractivity (Wildman–Crippen MR) is 67.3 cm³/mol. The van der Waals surface area contributed by atoms with E-state index in [0.29, 0.717) is 17.1 Å². The highest BCUT2D eigenvalue weighted by atomic mass is 16.5. The van der Waals surface area contributed by atoms with E-state index < -0.39 is 5.60 Å². The number of hydrogen-bond donors (Lipinski definition) is 2. The van der Waals surface area contributed by atoms with Gasteiger partial charge in [0.2, 0.25) is 0 Å². The second kappa shape index (κ2) is 5.38. The van der Waals surface area contributed by atoms with Gasteiger partial charge in [-0.05, 0) is 23.6 Å². The van der Waals surface area contributed by atoms with Crippen molar-refractivity contribution in [2.24, 2.45) is 11.7 Å². The van der Waals surface area contributed by atoms with Gasteiger partial charge in [0.15, 0.2) is 0 Å². The summed E-state index contributed by atoms with van der Waals surface area (Å²) in [5, 5.41) is 10.6. The lowest BCUT2D eigenvalue weighted by Crippen LogP contribution is -2.39. The Labute approximate surface area is 102 Å². The first-order valence-corrected chi connectivity index (χ1v) is 5.64. The van der Waals surface area contributed by atoms with Gasteiger partial charge < -0.3 is 20.3 Å². The lowest BCUT2D eigenvalue weighted by atomic mass is 9.83. The van der Waals surface area contributed by atoms with Crippen LogP contribution in [0.25, 0.3) is 0 Å². The Hall–Kier alpha value is -1.26. The maximum absolute atomic E-state index is 10.6. The Morgan fingerprint density at radius 3 is 1.94 bits per heavy atom. The summed E-state index contributed by atoms with van der Waals surface area (Å²) < 4.78 is 10.4. The summed E-state index contributed by atoms with van der Waals surface area (Å²) in [7, 11) is 3.16. The van der Waals surface area contributed by atoms with Gasteiger partial charge >= 0.3 is 0 Å². The van der Waals surface area contributed by atoms with Crippen LogP contribution >= 0.6 is 0 Å². The molecule has 0 bridgehead atoms. The molecule has 1 unspecified atom stereocenters. The fourth-order valence-electron chi connectivity index (χ4n) is 1.74. The molecule has 1 rings (SSSR count). The number of rotatable bonds is 5. The zero-order valence-electron chi connectivity index (χ0n) is 10.9. The first-order chi connectivity index (χ1) is 7.97. The summed E-state index contributed by atoms with van der Waals surface area (Å²) in [5.41, 5.74) is 5.34. The highest BCUT2D eigenvalue weighted by molar-refractivity contribution is 5.41. The van der Waals surface area contributed by atoms with Crippen molar-refractivity contribution in [2.75, 3.05) is 20.8 Å². The summed E-state index contributed by atoms with van der Waals surface area (Å²) in [4.78, 5) is 0. The van der Waals surface area contributed by atoms with Crippen molar-refractivity contribution in [1.29, 1.82) is 0 Å². The van der Waals surface area contributed by atoms with Crippen molar-refractivity contribution in [3.8, 4) is 11.5 Å². The van der Waals surface area contributed by atoms with Crippen molar-refractivity contribution in [3.63, 3.8) is 0 Å². The molecule has 0 aliphatic carbocycles. The van der Waals surface area contributed by atoms with Gasteiger partial charge in [0.05, 0.1) is 14.2 Å². The molecule has 0 aromatic heterocycles. The van der Waals surface area contributed by atoms with Gasteiger partial charge in [-0.1, -0.05) is 13.8 Å². The molecule has 0 amide bonds. The number of ether oxygens (including phenoxy) is 2. The Morgan fingerprint density at radius 2 is 1.65 bits per heavy atom. The van der Waals surface area contributed by atoms with Gasteiger partial charge in [0, 0.05) is 12.6 Å². The zero-order chi connectivity index (χ0) is 13.1. The number of aliphatic hydroxyl groups is 1. The fourth-order valence-corrected chi connectivity index (χ4v) is 1.74. The molecule has 1 aromatic rings. The van der Waals surface area contributed by atoms with Gasteiger partial charge in [-0.3, -0.25) is 0 Å². The van der Waals surface area contributed by atoms with Crippen LogP contribution < -0.4 is 15.2 Å².